The number of nitrogens with zero attached hydrogens (tertiary/aromatic N) is 1. The largest absolute Gasteiger partial charge is 0.450 e. The van der Waals surface area contributed by atoms with Gasteiger partial charge in [0.15, 0.2) is 0 Å². The van der Waals surface area contributed by atoms with Gasteiger partial charge < -0.3 is 20.3 Å². The molecule has 2 aliphatic rings. The maximum Gasteiger partial charge on any atom is 0.409 e. The predicted molar refractivity (Wildman–Crippen MR) is 109 cm³/mol. The van der Waals surface area contributed by atoms with Gasteiger partial charge in [0.05, 0.1) is 17.6 Å². The smallest absolute Gasteiger partial charge is 0.409 e. The fourth-order valence-corrected chi connectivity index (χ4v) is 4.45. The molecule has 1 aromatic rings. The Balaban J connectivity index is 1.40. The minimum absolute atomic E-state index is 0.0366. The summed E-state index contributed by atoms with van der Waals surface area (Å²) in [6.45, 7) is 3.32. The van der Waals surface area contributed by atoms with Gasteiger partial charge in [-0.2, -0.15) is 0 Å². The molecule has 0 aromatic heterocycles. The quantitative estimate of drug-likeness (QED) is 0.786. The molecule has 7 nitrogen and oxygen atoms in total. The molecular weight excluding hydrogens is 378 g/mol. The number of carbonyl (C=O) groups is 3. The van der Waals surface area contributed by atoms with Crippen molar-refractivity contribution in [1.29, 1.82) is 0 Å². The summed E-state index contributed by atoms with van der Waals surface area (Å²) >= 11 is 1.39. The molecule has 1 unspecified atom stereocenters. The Labute approximate surface area is 169 Å². The Morgan fingerprint density at radius 2 is 2.00 bits per heavy atom. The lowest BCUT2D eigenvalue weighted by atomic mass is 10.1. The van der Waals surface area contributed by atoms with Crippen LogP contribution >= 0.6 is 11.8 Å². The van der Waals surface area contributed by atoms with Crippen molar-refractivity contribution in [3.05, 3.63) is 29.8 Å². The Morgan fingerprint density at radius 3 is 2.75 bits per heavy atom. The molecule has 1 atom stereocenters. The molecule has 3 amide bonds. The zero-order valence-electron chi connectivity index (χ0n) is 16.1. The molecule has 0 radical (unpaired) electrons. The van der Waals surface area contributed by atoms with Crippen LogP contribution in [0.5, 0.6) is 0 Å². The highest BCUT2D eigenvalue weighted by molar-refractivity contribution is 8.01. The molecule has 0 spiro atoms. The molecule has 0 aliphatic carbocycles. The maximum absolute atomic E-state index is 12.4. The van der Waals surface area contributed by atoms with Crippen LogP contribution in [0.15, 0.2) is 24.3 Å². The highest BCUT2D eigenvalue weighted by Crippen LogP contribution is 2.27. The lowest BCUT2D eigenvalue weighted by Crippen LogP contribution is -2.47. The molecule has 1 saturated heterocycles. The first-order valence-corrected chi connectivity index (χ1v) is 10.8. The Bertz CT molecular complexity index is 719. The third-order valence-corrected chi connectivity index (χ3v) is 6.33. The van der Waals surface area contributed by atoms with Gasteiger partial charge in [-0.1, -0.05) is 18.2 Å². The minimum Gasteiger partial charge on any atom is -0.450 e. The van der Waals surface area contributed by atoms with Gasteiger partial charge in [0.2, 0.25) is 11.8 Å². The average Bonchev–Trinajstić information content (AvgIpc) is 2.85. The first kappa shape index (κ1) is 20.5. The molecule has 2 aliphatic heterocycles. The van der Waals surface area contributed by atoms with E-state index in [9.17, 15) is 14.4 Å². The first-order valence-electron chi connectivity index (χ1n) is 9.78. The number of carbonyl (C=O) groups excluding carboxylic acids is 3. The van der Waals surface area contributed by atoms with Gasteiger partial charge in [-0.15, -0.1) is 11.8 Å². The average molecular weight is 406 g/mol. The van der Waals surface area contributed by atoms with E-state index in [0.717, 1.165) is 24.1 Å². The highest BCUT2D eigenvalue weighted by Gasteiger charge is 2.27. The number of hydrogen-bond acceptors (Lipinski definition) is 5. The molecule has 0 bridgehead atoms. The van der Waals surface area contributed by atoms with Gasteiger partial charge in [0.1, 0.15) is 0 Å². The van der Waals surface area contributed by atoms with Crippen molar-refractivity contribution >= 4 is 35.4 Å². The van der Waals surface area contributed by atoms with E-state index < -0.39 is 0 Å². The normalized spacial score (nSPS) is 20.0. The molecule has 152 valence electrons. The number of para-hydroxylation sites is 1. The molecule has 3 rings (SSSR count). The number of anilines is 1. The minimum atomic E-state index is -0.289. The second-order valence-electron chi connectivity index (χ2n) is 7.01. The topological polar surface area (TPSA) is 87.7 Å². The summed E-state index contributed by atoms with van der Waals surface area (Å²) < 4.78 is 5.01. The second kappa shape index (κ2) is 9.82. The highest BCUT2D eigenvalue weighted by atomic mass is 32.2. The molecule has 2 N–H and O–H groups in total. The Hall–Kier alpha value is -2.22. The fraction of sp³-hybridized carbons (Fsp3) is 0.550. The van der Waals surface area contributed by atoms with Crippen LogP contribution < -0.4 is 10.6 Å². The third kappa shape index (κ3) is 5.41. The number of hydrogen-bond donors (Lipinski definition) is 2. The van der Waals surface area contributed by atoms with Crippen LogP contribution in [0.4, 0.5) is 10.5 Å². The van der Waals surface area contributed by atoms with E-state index in [2.05, 4.69) is 10.6 Å². The number of aryl methyl sites for hydroxylation is 1. The Morgan fingerprint density at radius 1 is 1.25 bits per heavy atom. The summed E-state index contributed by atoms with van der Waals surface area (Å²) in [4.78, 5) is 38.1. The molecule has 0 saturated carbocycles. The fourth-order valence-electron chi connectivity index (χ4n) is 3.52. The second-order valence-corrected chi connectivity index (χ2v) is 8.20. The lowest BCUT2D eigenvalue weighted by molar-refractivity contribution is -0.119. The summed E-state index contributed by atoms with van der Waals surface area (Å²) in [5.41, 5.74) is 2.00. The van der Waals surface area contributed by atoms with Crippen LogP contribution in [0.2, 0.25) is 0 Å². The van der Waals surface area contributed by atoms with Crippen LogP contribution in [0, 0.1) is 0 Å². The van der Waals surface area contributed by atoms with Crippen LogP contribution in [-0.4, -0.2) is 59.5 Å². The van der Waals surface area contributed by atoms with Crippen molar-refractivity contribution in [1.82, 2.24) is 10.2 Å². The van der Waals surface area contributed by atoms with Crippen molar-refractivity contribution in [3.8, 4) is 0 Å². The molecule has 28 heavy (non-hydrogen) atoms. The predicted octanol–water partition coefficient (Wildman–Crippen LogP) is 2.41. The summed E-state index contributed by atoms with van der Waals surface area (Å²) in [6, 6.07) is 7.88. The number of fused-ring (bicyclic) bond motifs is 1. The van der Waals surface area contributed by atoms with Gasteiger partial charge >= 0.3 is 6.09 Å². The molecule has 8 heteroatoms. The van der Waals surface area contributed by atoms with Crippen molar-refractivity contribution < 1.29 is 19.1 Å². The summed E-state index contributed by atoms with van der Waals surface area (Å²) in [5, 5.41) is 5.76. The van der Waals surface area contributed by atoms with Crippen molar-refractivity contribution in [2.24, 2.45) is 0 Å². The van der Waals surface area contributed by atoms with Gasteiger partial charge in [-0.25, -0.2) is 4.79 Å². The van der Waals surface area contributed by atoms with Gasteiger partial charge in [-0.3, -0.25) is 9.59 Å². The zero-order chi connectivity index (χ0) is 19.9. The molecule has 1 fully saturated rings. The third-order valence-electron chi connectivity index (χ3n) is 5.05. The van der Waals surface area contributed by atoms with Crippen LogP contribution in [0.1, 0.15) is 31.7 Å². The molecular formula is C20H27N3O4S. The maximum atomic E-state index is 12.4. The number of ether oxygens (including phenoxy) is 1. The number of piperidine rings is 1. The number of benzene rings is 1. The number of likely N-dealkylation sites (tertiary alicyclic amines) is 1. The van der Waals surface area contributed by atoms with Crippen LogP contribution in [0.3, 0.4) is 0 Å². The van der Waals surface area contributed by atoms with Crippen molar-refractivity contribution in [2.45, 2.75) is 43.9 Å². The van der Waals surface area contributed by atoms with E-state index >= 15 is 0 Å². The van der Waals surface area contributed by atoms with E-state index in [1.165, 1.54) is 11.8 Å². The Kier molecular flexibility index (Phi) is 7.19. The zero-order valence-corrected chi connectivity index (χ0v) is 16.9. The van der Waals surface area contributed by atoms with Gasteiger partial charge in [-0.05, 0) is 44.2 Å². The van der Waals surface area contributed by atoms with E-state index in [-0.39, 0.29) is 35.0 Å². The summed E-state index contributed by atoms with van der Waals surface area (Å²) in [7, 11) is 0. The SMILES string of the molecule is CCOC(=O)N1CCC(NC(=O)CSC2CCc3ccccc3NC2=O)CC1. The van der Waals surface area contributed by atoms with Gasteiger partial charge in [0, 0.05) is 24.8 Å². The van der Waals surface area contributed by atoms with E-state index in [4.69, 9.17) is 4.74 Å². The van der Waals surface area contributed by atoms with Crippen molar-refractivity contribution in [2.75, 3.05) is 30.8 Å². The molecule has 1 aromatic carbocycles. The van der Waals surface area contributed by atoms with Crippen LogP contribution in [0.25, 0.3) is 0 Å². The lowest BCUT2D eigenvalue weighted by Gasteiger charge is -2.31. The van der Waals surface area contributed by atoms with Gasteiger partial charge in [0.25, 0.3) is 0 Å². The number of thioether (sulfide) groups is 1. The van der Waals surface area contributed by atoms with E-state index in [1.54, 1.807) is 11.8 Å². The standard InChI is InChI=1S/C20H27N3O4S/c1-2-27-20(26)23-11-9-15(10-12-23)21-18(24)13-28-17-8-7-14-5-3-4-6-16(14)22-19(17)25/h3-6,15,17H,2,7-13H2,1H3,(H,21,24)(H,22,25). The monoisotopic (exact) mass is 405 g/mol. The first-order chi connectivity index (χ1) is 13.6. The summed E-state index contributed by atoms with van der Waals surface area (Å²) in [6.07, 6.45) is 2.69. The summed E-state index contributed by atoms with van der Waals surface area (Å²) in [5.74, 6) is 0.159. The van der Waals surface area contributed by atoms with E-state index in [0.29, 0.717) is 32.5 Å². The number of rotatable bonds is 5. The number of nitrogens with one attached hydrogen (secondary N) is 2. The van der Waals surface area contributed by atoms with E-state index in [1.807, 2.05) is 24.3 Å². The van der Waals surface area contributed by atoms with Crippen LogP contribution in [-0.2, 0) is 20.7 Å². The van der Waals surface area contributed by atoms with Crippen molar-refractivity contribution in [3.63, 3.8) is 0 Å². The molecule has 2 heterocycles. The number of amides is 3.